The largest absolute Gasteiger partial charge is 0.371 e. The van der Waals surface area contributed by atoms with Gasteiger partial charge in [-0.15, -0.1) is 0 Å². The molecule has 25 heavy (non-hydrogen) atoms. The number of imidazole rings is 1. The van der Waals surface area contributed by atoms with E-state index in [1.54, 1.807) is 7.05 Å². The zero-order valence-corrected chi connectivity index (χ0v) is 14.1. The van der Waals surface area contributed by atoms with E-state index in [4.69, 9.17) is 5.73 Å². The second kappa shape index (κ2) is 5.67. The van der Waals surface area contributed by atoms with Gasteiger partial charge in [-0.2, -0.15) is 5.10 Å². The van der Waals surface area contributed by atoms with Gasteiger partial charge in [0, 0.05) is 18.7 Å². The first kappa shape index (κ1) is 15.3. The molecule has 0 radical (unpaired) electrons. The molecule has 0 spiro atoms. The molecular weight excluding hydrogens is 316 g/mol. The Morgan fingerprint density at radius 1 is 1.40 bits per heavy atom. The maximum absolute atomic E-state index is 11.6. The fourth-order valence-electron chi connectivity index (χ4n) is 3.08. The first-order valence-electron chi connectivity index (χ1n) is 8.15. The van der Waals surface area contributed by atoms with Crippen LogP contribution in [0, 0.1) is 18.8 Å². The second-order valence-corrected chi connectivity index (χ2v) is 6.15. The zero-order chi connectivity index (χ0) is 17.6. The van der Waals surface area contributed by atoms with Crippen LogP contribution >= 0.6 is 0 Å². The van der Waals surface area contributed by atoms with Crippen LogP contribution in [-0.4, -0.2) is 32.7 Å². The Hall–Kier alpha value is -3.27. The maximum Gasteiger partial charge on any atom is 0.255 e. The molecule has 1 fully saturated rings. The molecule has 2 aromatic heterocycles. The van der Waals surface area contributed by atoms with Crippen LogP contribution in [0.3, 0.4) is 0 Å². The fraction of sp³-hybridized carbons (Fsp3) is 0.278. The lowest BCUT2D eigenvalue weighted by molar-refractivity contribution is 0.100. The number of carbonyl (C=O) groups excluding carboxylic acids is 1. The van der Waals surface area contributed by atoms with Gasteiger partial charge in [-0.3, -0.25) is 9.89 Å². The van der Waals surface area contributed by atoms with Gasteiger partial charge in [0.2, 0.25) is 0 Å². The molecule has 1 aromatic carbocycles. The van der Waals surface area contributed by atoms with Gasteiger partial charge < -0.3 is 15.6 Å². The van der Waals surface area contributed by atoms with Crippen LogP contribution < -0.4 is 11.1 Å². The number of hydrogen-bond acceptors (Lipinski definition) is 4. The SMILES string of the molecule is CNc1n[nH]c(C#Cc2ccc3c(c2)nc(C)n3C2CC2)c1C(N)=O. The molecule has 1 saturated carbocycles. The molecule has 1 amide bonds. The molecule has 2 heterocycles. The van der Waals surface area contributed by atoms with Gasteiger partial charge in [0.05, 0.1) is 11.0 Å². The number of nitrogens with one attached hydrogen (secondary N) is 2. The monoisotopic (exact) mass is 334 g/mol. The third kappa shape index (κ3) is 2.62. The van der Waals surface area contributed by atoms with Crippen molar-refractivity contribution in [2.75, 3.05) is 12.4 Å². The maximum atomic E-state index is 11.6. The Morgan fingerprint density at radius 2 is 2.20 bits per heavy atom. The number of amides is 1. The van der Waals surface area contributed by atoms with Crippen LogP contribution in [0.2, 0.25) is 0 Å². The van der Waals surface area contributed by atoms with Crippen LogP contribution in [0.15, 0.2) is 18.2 Å². The van der Waals surface area contributed by atoms with Gasteiger partial charge in [0.1, 0.15) is 17.1 Å². The summed E-state index contributed by atoms with van der Waals surface area (Å²) in [5.74, 6) is 6.85. The molecule has 1 aliphatic carbocycles. The lowest BCUT2D eigenvalue weighted by Crippen LogP contribution is -2.13. The summed E-state index contributed by atoms with van der Waals surface area (Å²) in [6.07, 6.45) is 2.44. The van der Waals surface area contributed by atoms with Crippen molar-refractivity contribution in [2.24, 2.45) is 5.73 Å². The summed E-state index contributed by atoms with van der Waals surface area (Å²) in [6, 6.07) is 6.57. The molecule has 7 nitrogen and oxygen atoms in total. The molecule has 4 N–H and O–H groups in total. The standard InChI is InChI=1S/C18H18N6O/c1-10-21-14-9-11(4-8-15(14)24(10)12-5-6-12)3-7-13-16(17(19)25)18(20-2)23-22-13/h4,8-9,12H,5-6H2,1-2H3,(H2,19,25)(H2,20,22,23). The van der Waals surface area contributed by atoms with Crippen molar-refractivity contribution >= 4 is 22.8 Å². The molecule has 0 bridgehead atoms. The van der Waals surface area contributed by atoms with E-state index in [0.29, 0.717) is 17.6 Å². The van der Waals surface area contributed by atoms with Crippen LogP contribution in [0.25, 0.3) is 11.0 Å². The third-order valence-corrected chi connectivity index (χ3v) is 4.36. The molecule has 0 aliphatic heterocycles. The summed E-state index contributed by atoms with van der Waals surface area (Å²) in [7, 11) is 1.67. The van der Waals surface area contributed by atoms with Gasteiger partial charge in [-0.25, -0.2) is 4.98 Å². The second-order valence-electron chi connectivity index (χ2n) is 6.15. The first-order valence-corrected chi connectivity index (χ1v) is 8.15. The molecule has 0 atom stereocenters. The van der Waals surface area contributed by atoms with E-state index < -0.39 is 5.91 Å². The lowest BCUT2D eigenvalue weighted by Gasteiger charge is -2.03. The average molecular weight is 334 g/mol. The predicted octanol–water partition coefficient (Wildman–Crippen LogP) is 1.94. The van der Waals surface area contributed by atoms with E-state index in [-0.39, 0.29) is 5.56 Å². The van der Waals surface area contributed by atoms with Crippen molar-refractivity contribution in [2.45, 2.75) is 25.8 Å². The van der Waals surface area contributed by atoms with Gasteiger partial charge in [-0.05, 0) is 43.9 Å². The Morgan fingerprint density at radius 3 is 2.88 bits per heavy atom. The minimum Gasteiger partial charge on any atom is -0.371 e. The number of primary amides is 1. The minimum absolute atomic E-state index is 0.268. The van der Waals surface area contributed by atoms with Gasteiger partial charge in [-0.1, -0.05) is 5.92 Å². The van der Waals surface area contributed by atoms with Gasteiger partial charge >= 0.3 is 0 Å². The van der Waals surface area contributed by atoms with Crippen molar-refractivity contribution in [1.29, 1.82) is 0 Å². The van der Waals surface area contributed by atoms with E-state index in [1.165, 1.54) is 12.8 Å². The van der Waals surface area contributed by atoms with Crippen LogP contribution in [0.4, 0.5) is 5.82 Å². The number of nitrogens with two attached hydrogens (primary N) is 1. The number of rotatable bonds is 3. The molecular formula is C18H18N6O. The highest BCUT2D eigenvalue weighted by Crippen LogP contribution is 2.38. The Kier molecular flexibility index (Phi) is 3.46. The Balaban J connectivity index is 1.72. The zero-order valence-electron chi connectivity index (χ0n) is 14.1. The number of aromatic nitrogens is 4. The van der Waals surface area contributed by atoms with Crippen molar-refractivity contribution < 1.29 is 4.79 Å². The van der Waals surface area contributed by atoms with Crippen LogP contribution in [0.5, 0.6) is 0 Å². The first-order chi connectivity index (χ1) is 12.1. The van der Waals surface area contributed by atoms with Crippen LogP contribution in [0.1, 0.15) is 46.3 Å². The third-order valence-electron chi connectivity index (χ3n) is 4.36. The van der Waals surface area contributed by atoms with Crippen molar-refractivity contribution in [3.63, 3.8) is 0 Å². The lowest BCUT2D eigenvalue weighted by atomic mass is 10.1. The molecule has 1 aliphatic rings. The quantitative estimate of drug-likeness (QED) is 0.637. The fourth-order valence-corrected chi connectivity index (χ4v) is 3.08. The summed E-state index contributed by atoms with van der Waals surface area (Å²) >= 11 is 0. The predicted molar refractivity (Wildman–Crippen MR) is 95.4 cm³/mol. The minimum atomic E-state index is -0.573. The van der Waals surface area contributed by atoms with E-state index >= 15 is 0 Å². The highest BCUT2D eigenvalue weighted by atomic mass is 16.1. The number of fused-ring (bicyclic) bond motifs is 1. The van der Waals surface area contributed by atoms with Crippen molar-refractivity contribution in [1.82, 2.24) is 19.7 Å². The summed E-state index contributed by atoms with van der Waals surface area (Å²) in [4.78, 5) is 16.2. The summed E-state index contributed by atoms with van der Waals surface area (Å²) in [5, 5.41) is 9.57. The number of aromatic amines is 1. The molecule has 0 saturated heterocycles. The summed E-state index contributed by atoms with van der Waals surface area (Å²) in [6.45, 7) is 2.03. The normalized spacial score (nSPS) is 13.5. The molecule has 126 valence electrons. The Labute approximate surface area is 144 Å². The molecule has 7 heteroatoms. The van der Waals surface area contributed by atoms with E-state index in [0.717, 1.165) is 22.4 Å². The van der Waals surface area contributed by atoms with Gasteiger partial charge in [0.15, 0.2) is 5.82 Å². The number of benzene rings is 1. The summed E-state index contributed by atoms with van der Waals surface area (Å²) < 4.78 is 2.30. The molecule has 3 aromatic rings. The number of aryl methyl sites for hydroxylation is 1. The molecule has 0 unspecified atom stereocenters. The summed E-state index contributed by atoms with van der Waals surface area (Å²) in [5.41, 5.74) is 8.98. The van der Waals surface area contributed by atoms with Crippen molar-refractivity contribution in [3.05, 3.63) is 40.8 Å². The highest BCUT2D eigenvalue weighted by Gasteiger charge is 2.26. The highest BCUT2D eigenvalue weighted by molar-refractivity contribution is 5.99. The number of H-pyrrole nitrogens is 1. The topological polar surface area (TPSA) is 102 Å². The van der Waals surface area contributed by atoms with Crippen LogP contribution in [-0.2, 0) is 0 Å². The number of hydrogen-bond donors (Lipinski definition) is 3. The average Bonchev–Trinajstić information content (AvgIpc) is 3.23. The van der Waals surface area contributed by atoms with E-state index in [1.807, 2.05) is 19.1 Å². The number of nitrogens with zero attached hydrogens (tertiary/aromatic N) is 3. The number of carbonyl (C=O) groups is 1. The molecule has 4 rings (SSSR count). The van der Waals surface area contributed by atoms with E-state index in [9.17, 15) is 4.79 Å². The van der Waals surface area contributed by atoms with Gasteiger partial charge in [0.25, 0.3) is 5.91 Å². The van der Waals surface area contributed by atoms with Crippen molar-refractivity contribution in [3.8, 4) is 11.8 Å². The Bertz CT molecular complexity index is 1040. The number of anilines is 1. The smallest absolute Gasteiger partial charge is 0.255 e. The van der Waals surface area contributed by atoms with E-state index in [2.05, 4.69) is 43.0 Å².